The second-order valence-corrected chi connectivity index (χ2v) is 5.26. The topological polar surface area (TPSA) is 56.0 Å². The summed E-state index contributed by atoms with van der Waals surface area (Å²) in [7, 11) is 0. The van der Waals surface area contributed by atoms with Crippen molar-refractivity contribution in [3.05, 3.63) is 82.0 Å². The summed E-state index contributed by atoms with van der Waals surface area (Å²) in [6.45, 7) is 0. The zero-order chi connectivity index (χ0) is 17.8. The fraction of sp³-hybridized carbons (Fsp3) is 0. The second-order valence-electron chi connectivity index (χ2n) is 5.26. The maximum Gasteiger partial charge on any atom is 0.279 e. The highest BCUT2D eigenvalue weighted by Crippen LogP contribution is 2.38. The lowest BCUT2D eigenvalue weighted by atomic mass is 9.94. The van der Waals surface area contributed by atoms with Gasteiger partial charge in [-0.25, -0.2) is 0 Å². The zero-order valence-electron chi connectivity index (χ0n) is 13.1. The highest BCUT2D eigenvalue weighted by molar-refractivity contribution is 5.88. The lowest BCUT2D eigenvalue weighted by Crippen LogP contribution is -1.97. The summed E-state index contributed by atoms with van der Waals surface area (Å²) in [5.41, 5.74) is 3.58. The van der Waals surface area contributed by atoms with E-state index in [0.29, 0.717) is 27.9 Å². The molecule has 0 aliphatic heterocycles. The first-order valence-corrected chi connectivity index (χ1v) is 7.41. The third-order valence-corrected chi connectivity index (χ3v) is 3.76. The van der Waals surface area contributed by atoms with Gasteiger partial charge in [0.2, 0.25) is 0 Å². The van der Waals surface area contributed by atoms with Crippen LogP contribution in [0, 0.1) is 34.8 Å². The van der Waals surface area contributed by atoms with Gasteiger partial charge in [-0.2, -0.15) is 0 Å². The van der Waals surface area contributed by atoms with Gasteiger partial charge in [0, 0.05) is 23.4 Å². The van der Waals surface area contributed by atoms with Gasteiger partial charge in [0.25, 0.3) is 5.69 Å². The van der Waals surface area contributed by atoms with Crippen molar-refractivity contribution in [2.45, 2.75) is 0 Å². The Bertz CT molecular complexity index is 1060. The van der Waals surface area contributed by atoms with Gasteiger partial charge in [-0.15, -0.1) is 12.8 Å². The van der Waals surface area contributed by atoms with Crippen LogP contribution in [0.4, 0.5) is 5.69 Å². The van der Waals surface area contributed by atoms with E-state index in [1.54, 1.807) is 30.5 Å². The van der Waals surface area contributed by atoms with E-state index in [1.165, 1.54) is 6.07 Å². The number of nitro benzene ring substituents is 1. The Morgan fingerprint density at radius 1 is 0.960 bits per heavy atom. The van der Waals surface area contributed by atoms with Crippen LogP contribution in [0.15, 0.2) is 60.8 Å². The summed E-state index contributed by atoms with van der Waals surface area (Å²) in [5, 5.41) is 11.6. The van der Waals surface area contributed by atoms with Crippen LogP contribution in [-0.2, 0) is 0 Å². The molecule has 1 heterocycles. The molecule has 4 heteroatoms. The molecule has 0 bridgehead atoms. The van der Waals surface area contributed by atoms with Gasteiger partial charge in [0.1, 0.15) is 0 Å². The summed E-state index contributed by atoms with van der Waals surface area (Å²) in [6.07, 6.45) is 12.5. The molecule has 0 saturated heterocycles. The van der Waals surface area contributed by atoms with Crippen molar-refractivity contribution in [1.82, 2.24) is 4.98 Å². The molecule has 2 aromatic carbocycles. The molecule has 25 heavy (non-hydrogen) atoms. The molecule has 0 fully saturated rings. The molecule has 0 aliphatic rings. The molecule has 118 valence electrons. The molecule has 0 saturated carbocycles. The van der Waals surface area contributed by atoms with Gasteiger partial charge < -0.3 is 0 Å². The Kier molecular flexibility index (Phi) is 4.28. The van der Waals surface area contributed by atoms with Crippen LogP contribution in [0.5, 0.6) is 0 Å². The van der Waals surface area contributed by atoms with Gasteiger partial charge in [-0.3, -0.25) is 15.1 Å². The first kappa shape index (κ1) is 16.0. The minimum Gasteiger partial charge on any atom is -0.258 e. The fourth-order valence-corrected chi connectivity index (χ4v) is 2.64. The molecular weight excluding hydrogens is 312 g/mol. The zero-order valence-corrected chi connectivity index (χ0v) is 13.1. The molecule has 0 radical (unpaired) electrons. The predicted octanol–water partition coefficient (Wildman–Crippen LogP) is 4.29. The lowest BCUT2D eigenvalue weighted by Gasteiger charge is -2.11. The van der Waals surface area contributed by atoms with E-state index in [9.17, 15) is 10.1 Å². The van der Waals surface area contributed by atoms with E-state index in [1.807, 2.05) is 24.3 Å². The molecule has 3 rings (SSSR count). The van der Waals surface area contributed by atoms with E-state index in [4.69, 9.17) is 12.8 Å². The summed E-state index contributed by atoms with van der Waals surface area (Å²) in [6, 6.07) is 15.5. The van der Waals surface area contributed by atoms with Crippen molar-refractivity contribution in [3.8, 4) is 47.1 Å². The van der Waals surface area contributed by atoms with Crippen LogP contribution < -0.4 is 0 Å². The molecule has 0 unspecified atom stereocenters. The van der Waals surface area contributed by atoms with Gasteiger partial charge in [-0.1, -0.05) is 36.1 Å². The largest absolute Gasteiger partial charge is 0.279 e. The summed E-state index contributed by atoms with van der Waals surface area (Å²) < 4.78 is 0. The van der Waals surface area contributed by atoms with Crippen LogP contribution in [0.2, 0.25) is 0 Å². The van der Waals surface area contributed by atoms with Crippen molar-refractivity contribution >= 4 is 5.69 Å². The maximum absolute atomic E-state index is 11.6. The first-order chi connectivity index (χ1) is 12.1. The number of benzene rings is 2. The van der Waals surface area contributed by atoms with Crippen molar-refractivity contribution in [1.29, 1.82) is 0 Å². The first-order valence-electron chi connectivity index (χ1n) is 7.41. The minimum atomic E-state index is -0.423. The average Bonchev–Trinajstić information content (AvgIpc) is 2.67. The Labute approximate surface area is 145 Å². The fourth-order valence-electron chi connectivity index (χ4n) is 2.64. The quantitative estimate of drug-likeness (QED) is 0.410. The smallest absolute Gasteiger partial charge is 0.258 e. The van der Waals surface area contributed by atoms with Crippen molar-refractivity contribution in [3.63, 3.8) is 0 Å². The summed E-state index contributed by atoms with van der Waals surface area (Å²) >= 11 is 0. The molecule has 1 aromatic heterocycles. The molecule has 0 spiro atoms. The highest BCUT2D eigenvalue weighted by atomic mass is 16.6. The second kappa shape index (κ2) is 6.70. The van der Waals surface area contributed by atoms with Gasteiger partial charge in [0.15, 0.2) is 0 Å². The summed E-state index contributed by atoms with van der Waals surface area (Å²) in [4.78, 5) is 15.4. The van der Waals surface area contributed by atoms with Crippen LogP contribution in [0.1, 0.15) is 11.1 Å². The molecule has 0 N–H and O–H groups in total. The third-order valence-electron chi connectivity index (χ3n) is 3.76. The maximum atomic E-state index is 11.6. The van der Waals surface area contributed by atoms with E-state index in [-0.39, 0.29) is 5.69 Å². The van der Waals surface area contributed by atoms with Gasteiger partial charge in [-0.05, 0) is 35.4 Å². The number of hydrogen-bond donors (Lipinski definition) is 0. The number of rotatable bonds is 3. The average molecular weight is 324 g/mol. The number of nitrogens with zero attached hydrogens (tertiary/aromatic N) is 2. The Morgan fingerprint density at radius 3 is 2.40 bits per heavy atom. The highest BCUT2D eigenvalue weighted by Gasteiger charge is 2.21. The molecule has 4 nitrogen and oxygen atoms in total. The molecule has 0 atom stereocenters. The van der Waals surface area contributed by atoms with E-state index in [0.717, 1.165) is 5.56 Å². The SMILES string of the molecule is C#Cc1cccc(-c2cccc([N+](=O)[O-])c2-c2cc(C#C)ccn2)c1. The van der Waals surface area contributed by atoms with E-state index >= 15 is 0 Å². The summed E-state index contributed by atoms with van der Waals surface area (Å²) in [5.74, 6) is 5.10. The Hall–Kier alpha value is -3.89. The van der Waals surface area contributed by atoms with Crippen molar-refractivity contribution in [2.75, 3.05) is 0 Å². The molecular formula is C21H12N2O2. The van der Waals surface area contributed by atoms with Gasteiger partial charge in [0.05, 0.1) is 16.2 Å². The molecule has 0 aliphatic carbocycles. The number of aromatic nitrogens is 1. The van der Waals surface area contributed by atoms with Crippen LogP contribution in [0.3, 0.4) is 0 Å². The van der Waals surface area contributed by atoms with Crippen LogP contribution in [-0.4, -0.2) is 9.91 Å². The number of pyridine rings is 1. The van der Waals surface area contributed by atoms with Crippen LogP contribution in [0.25, 0.3) is 22.4 Å². The van der Waals surface area contributed by atoms with E-state index in [2.05, 4.69) is 16.8 Å². The minimum absolute atomic E-state index is 0.0368. The standard InChI is InChI=1S/C21H12N2O2/c1-3-15-7-5-8-17(13-15)18-9-6-10-20(23(24)25)21(18)19-14-16(4-2)11-12-22-19/h1-2,5-14H. The number of nitro groups is 1. The Balaban J connectivity index is 2.33. The van der Waals surface area contributed by atoms with Crippen molar-refractivity contribution in [2.24, 2.45) is 0 Å². The van der Waals surface area contributed by atoms with Gasteiger partial charge >= 0.3 is 0 Å². The Morgan fingerprint density at radius 2 is 1.68 bits per heavy atom. The lowest BCUT2D eigenvalue weighted by molar-refractivity contribution is -0.384. The van der Waals surface area contributed by atoms with Crippen molar-refractivity contribution < 1.29 is 4.92 Å². The number of terminal acetylenes is 2. The molecule has 3 aromatic rings. The normalized spacial score (nSPS) is 9.84. The van der Waals surface area contributed by atoms with E-state index < -0.39 is 4.92 Å². The third kappa shape index (κ3) is 3.10. The molecule has 0 amide bonds. The number of hydrogen-bond acceptors (Lipinski definition) is 3. The predicted molar refractivity (Wildman–Crippen MR) is 97.6 cm³/mol. The van der Waals surface area contributed by atoms with Crippen LogP contribution >= 0.6 is 0 Å². The monoisotopic (exact) mass is 324 g/mol.